The van der Waals surface area contributed by atoms with Gasteiger partial charge in [-0.1, -0.05) is 6.07 Å². The van der Waals surface area contributed by atoms with Crippen molar-refractivity contribution in [2.75, 3.05) is 58.8 Å². The maximum absolute atomic E-state index is 12.2. The van der Waals surface area contributed by atoms with Crippen LogP contribution in [0.3, 0.4) is 0 Å². The van der Waals surface area contributed by atoms with Crippen LogP contribution in [0.1, 0.15) is 0 Å². The molecular weight excluding hydrogens is 336 g/mol. The Labute approximate surface area is 154 Å². The number of nitrogens with zero attached hydrogens (tertiary/aromatic N) is 2. The van der Waals surface area contributed by atoms with Crippen LogP contribution in [-0.4, -0.2) is 92.7 Å². The number of likely N-dealkylation sites (N-methyl/N-ethyl adjacent to an activating group) is 1. The molecule has 3 atom stereocenters. The fourth-order valence-corrected chi connectivity index (χ4v) is 3.29. The normalized spacial score (nSPS) is 27.3. The number of piperazine rings is 1. The van der Waals surface area contributed by atoms with E-state index in [4.69, 9.17) is 9.47 Å². The summed E-state index contributed by atoms with van der Waals surface area (Å²) in [6, 6.07) is 6.33. The summed E-state index contributed by atoms with van der Waals surface area (Å²) in [5.41, 5.74) is 0.629. The number of hydrogen-bond donors (Lipinski definition) is 3. The van der Waals surface area contributed by atoms with Gasteiger partial charge in [0, 0.05) is 44.5 Å². The molecule has 0 aromatic heterocycles. The van der Waals surface area contributed by atoms with Crippen LogP contribution in [0, 0.1) is 0 Å². The summed E-state index contributed by atoms with van der Waals surface area (Å²) in [5, 5.41) is 16.1. The van der Waals surface area contributed by atoms with Crippen LogP contribution >= 0.6 is 0 Å². The second-order valence-electron chi connectivity index (χ2n) is 6.90. The highest BCUT2D eigenvalue weighted by Crippen LogP contribution is 2.18. The average molecular weight is 364 g/mol. The van der Waals surface area contributed by atoms with Crippen LogP contribution in [-0.2, 0) is 4.74 Å². The fourth-order valence-electron chi connectivity index (χ4n) is 3.29. The Bertz CT molecular complexity index is 607. The van der Waals surface area contributed by atoms with E-state index in [0.29, 0.717) is 24.6 Å². The molecule has 0 unspecified atom stereocenters. The molecule has 0 bridgehead atoms. The van der Waals surface area contributed by atoms with Gasteiger partial charge in [0.1, 0.15) is 11.9 Å². The number of aliphatic hydroxyl groups is 1. The van der Waals surface area contributed by atoms with Crippen LogP contribution in [0.5, 0.6) is 5.75 Å². The van der Waals surface area contributed by atoms with Crippen molar-refractivity contribution in [3.05, 3.63) is 24.3 Å². The van der Waals surface area contributed by atoms with Gasteiger partial charge in [-0.05, 0) is 19.2 Å². The van der Waals surface area contributed by atoms with Gasteiger partial charge in [-0.25, -0.2) is 4.79 Å². The lowest BCUT2D eigenvalue weighted by molar-refractivity contribution is 0.00623. The number of urea groups is 1. The molecule has 2 aliphatic rings. The van der Waals surface area contributed by atoms with Gasteiger partial charge < -0.3 is 30.1 Å². The Hall–Kier alpha value is -1.87. The van der Waals surface area contributed by atoms with Crippen molar-refractivity contribution < 1.29 is 19.4 Å². The highest BCUT2D eigenvalue weighted by atomic mass is 16.5. The van der Waals surface area contributed by atoms with E-state index in [1.807, 2.05) is 0 Å². The molecule has 3 N–H and O–H groups in total. The predicted octanol–water partition coefficient (Wildman–Crippen LogP) is 0.192. The molecule has 2 saturated heterocycles. The topological polar surface area (TPSA) is 86.3 Å². The van der Waals surface area contributed by atoms with Gasteiger partial charge in [-0.2, -0.15) is 0 Å². The molecule has 26 heavy (non-hydrogen) atoms. The minimum Gasteiger partial charge on any atom is -0.497 e. The zero-order valence-corrected chi connectivity index (χ0v) is 15.4. The first kappa shape index (κ1) is 18.9. The number of ether oxygens (including phenoxy) is 2. The van der Waals surface area contributed by atoms with E-state index in [1.54, 1.807) is 31.4 Å². The van der Waals surface area contributed by atoms with E-state index in [1.165, 1.54) is 0 Å². The Balaban J connectivity index is 1.47. The van der Waals surface area contributed by atoms with E-state index < -0.39 is 12.1 Å². The molecular formula is C18H28N4O4. The van der Waals surface area contributed by atoms with Crippen molar-refractivity contribution in [1.29, 1.82) is 0 Å². The van der Waals surface area contributed by atoms with Gasteiger partial charge in [0.15, 0.2) is 0 Å². The van der Waals surface area contributed by atoms with Gasteiger partial charge in [-0.3, -0.25) is 4.90 Å². The first-order valence-electron chi connectivity index (χ1n) is 8.97. The minimum atomic E-state index is -0.717. The third-order valence-corrected chi connectivity index (χ3v) is 4.96. The minimum absolute atomic E-state index is 0.277. The lowest BCUT2D eigenvalue weighted by atomic mass is 10.1. The largest absolute Gasteiger partial charge is 0.497 e. The number of benzene rings is 1. The van der Waals surface area contributed by atoms with Crippen LogP contribution in [0.2, 0.25) is 0 Å². The van der Waals surface area contributed by atoms with Gasteiger partial charge in [0.05, 0.1) is 25.9 Å². The lowest BCUT2D eigenvalue weighted by Gasteiger charge is -2.34. The summed E-state index contributed by atoms with van der Waals surface area (Å²) in [6.07, 6.45) is -0.994. The van der Waals surface area contributed by atoms with E-state index in [2.05, 4.69) is 27.5 Å². The Morgan fingerprint density at radius 3 is 2.85 bits per heavy atom. The van der Waals surface area contributed by atoms with Gasteiger partial charge in [0.25, 0.3) is 0 Å². The lowest BCUT2D eigenvalue weighted by Crippen LogP contribution is -2.51. The average Bonchev–Trinajstić information content (AvgIpc) is 2.97. The van der Waals surface area contributed by atoms with Crippen molar-refractivity contribution in [3.8, 4) is 5.75 Å². The molecule has 1 aromatic rings. The molecule has 3 rings (SSSR count). The standard InChI is InChI=1S/C18H28N4O4/c1-21-6-8-22(9-7-21)11-16-17(23)15(12-26-16)20-18(24)19-13-4-3-5-14(10-13)25-2/h3-5,10,15-17,23H,6-9,11-12H2,1-2H3,(H2,19,20,24)/t15-,16-,17+/m0/s1. The highest BCUT2D eigenvalue weighted by molar-refractivity contribution is 5.89. The molecule has 8 nitrogen and oxygen atoms in total. The van der Waals surface area contributed by atoms with E-state index in [0.717, 1.165) is 26.2 Å². The second kappa shape index (κ2) is 8.68. The summed E-state index contributed by atoms with van der Waals surface area (Å²) < 4.78 is 10.9. The van der Waals surface area contributed by atoms with Crippen LogP contribution < -0.4 is 15.4 Å². The summed E-state index contributed by atoms with van der Waals surface area (Å²) in [7, 11) is 3.69. The highest BCUT2D eigenvalue weighted by Gasteiger charge is 2.38. The SMILES string of the molecule is COc1cccc(NC(=O)N[C@H]2CO[C@@H](CN3CCN(C)CC3)[C@@H]2O)c1. The van der Waals surface area contributed by atoms with Gasteiger partial charge in [0.2, 0.25) is 0 Å². The number of anilines is 1. The van der Waals surface area contributed by atoms with Crippen LogP contribution in [0.15, 0.2) is 24.3 Å². The second-order valence-corrected chi connectivity index (χ2v) is 6.90. The molecule has 1 aromatic carbocycles. The predicted molar refractivity (Wildman–Crippen MR) is 98.6 cm³/mol. The quantitative estimate of drug-likeness (QED) is 0.692. The van der Waals surface area contributed by atoms with E-state index >= 15 is 0 Å². The number of carbonyl (C=O) groups excluding carboxylic acids is 1. The van der Waals surface area contributed by atoms with Crippen molar-refractivity contribution in [2.45, 2.75) is 18.2 Å². The zero-order chi connectivity index (χ0) is 18.5. The van der Waals surface area contributed by atoms with Crippen molar-refractivity contribution in [2.24, 2.45) is 0 Å². The Morgan fingerprint density at radius 1 is 1.35 bits per heavy atom. The monoisotopic (exact) mass is 364 g/mol. The molecule has 0 spiro atoms. The number of amides is 2. The smallest absolute Gasteiger partial charge is 0.319 e. The number of carbonyl (C=O) groups is 1. The maximum atomic E-state index is 12.2. The molecule has 2 aliphatic heterocycles. The molecule has 0 aliphatic carbocycles. The Morgan fingerprint density at radius 2 is 2.12 bits per heavy atom. The molecule has 2 fully saturated rings. The number of rotatable bonds is 5. The van der Waals surface area contributed by atoms with Crippen LogP contribution in [0.4, 0.5) is 10.5 Å². The van der Waals surface area contributed by atoms with Crippen molar-refractivity contribution in [1.82, 2.24) is 15.1 Å². The molecule has 8 heteroatoms. The number of aliphatic hydroxyl groups excluding tert-OH is 1. The summed E-state index contributed by atoms with van der Waals surface area (Å²) in [6.45, 7) is 4.98. The summed E-state index contributed by atoms with van der Waals surface area (Å²) in [5.74, 6) is 0.666. The van der Waals surface area contributed by atoms with E-state index in [-0.39, 0.29) is 12.1 Å². The Kier molecular flexibility index (Phi) is 6.31. The summed E-state index contributed by atoms with van der Waals surface area (Å²) in [4.78, 5) is 16.8. The first-order valence-corrected chi connectivity index (χ1v) is 8.97. The van der Waals surface area contributed by atoms with Crippen molar-refractivity contribution >= 4 is 11.7 Å². The van der Waals surface area contributed by atoms with Crippen molar-refractivity contribution in [3.63, 3.8) is 0 Å². The van der Waals surface area contributed by atoms with Gasteiger partial charge >= 0.3 is 6.03 Å². The molecule has 2 heterocycles. The first-order chi connectivity index (χ1) is 12.5. The number of methoxy groups -OCH3 is 1. The third kappa shape index (κ3) is 4.85. The third-order valence-electron chi connectivity index (χ3n) is 4.96. The fraction of sp³-hybridized carbons (Fsp3) is 0.611. The van der Waals surface area contributed by atoms with Gasteiger partial charge in [-0.15, -0.1) is 0 Å². The summed E-state index contributed by atoms with van der Waals surface area (Å²) >= 11 is 0. The molecule has 2 amide bonds. The van der Waals surface area contributed by atoms with Crippen LogP contribution in [0.25, 0.3) is 0 Å². The zero-order valence-electron chi connectivity index (χ0n) is 15.4. The van der Waals surface area contributed by atoms with E-state index in [9.17, 15) is 9.90 Å². The maximum Gasteiger partial charge on any atom is 0.319 e. The molecule has 0 radical (unpaired) electrons. The molecule has 144 valence electrons. The molecule has 0 saturated carbocycles. The number of hydrogen-bond acceptors (Lipinski definition) is 6. The number of nitrogens with one attached hydrogen (secondary N) is 2.